The zero-order chi connectivity index (χ0) is 19.5. The summed E-state index contributed by atoms with van der Waals surface area (Å²) in [5.41, 5.74) is 0.342. The average molecular weight is 397 g/mol. The highest BCUT2D eigenvalue weighted by atomic mass is 32.1. The number of aromatic amines is 1. The summed E-state index contributed by atoms with van der Waals surface area (Å²) in [5, 5.41) is 9.30. The second-order valence-corrected chi connectivity index (χ2v) is 7.55. The summed E-state index contributed by atoms with van der Waals surface area (Å²) < 4.78 is 0. The lowest BCUT2D eigenvalue weighted by molar-refractivity contribution is -0.121. The molecule has 1 unspecified atom stereocenters. The first-order valence-electron chi connectivity index (χ1n) is 8.98. The number of fused-ring (bicyclic) bond motifs is 1. The predicted octanol–water partition coefficient (Wildman–Crippen LogP) is 2.87. The zero-order valence-corrected chi connectivity index (χ0v) is 15.8. The van der Waals surface area contributed by atoms with E-state index in [0.717, 1.165) is 18.2 Å². The van der Waals surface area contributed by atoms with E-state index in [9.17, 15) is 14.4 Å². The number of benzene rings is 1. The van der Waals surface area contributed by atoms with Crippen molar-refractivity contribution in [2.24, 2.45) is 5.92 Å². The lowest BCUT2D eigenvalue weighted by Crippen LogP contribution is -2.45. The van der Waals surface area contributed by atoms with Crippen molar-refractivity contribution < 1.29 is 9.59 Å². The molecule has 3 aromatic rings. The molecule has 144 valence electrons. The molecule has 0 bridgehead atoms. The van der Waals surface area contributed by atoms with Crippen LogP contribution in [0.25, 0.3) is 10.8 Å². The van der Waals surface area contributed by atoms with Crippen LogP contribution < -0.4 is 16.2 Å². The highest BCUT2D eigenvalue weighted by Gasteiger charge is 2.29. The number of likely N-dealkylation sites (tertiary alicyclic amines) is 1. The van der Waals surface area contributed by atoms with Gasteiger partial charge in [-0.1, -0.05) is 6.07 Å². The van der Waals surface area contributed by atoms with Crippen LogP contribution in [0.2, 0.25) is 0 Å². The first kappa shape index (κ1) is 18.2. The van der Waals surface area contributed by atoms with Crippen molar-refractivity contribution in [2.75, 3.05) is 23.7 Å². The van der Waals surface area contributed by atoms with Gasteiger partial charge in [-0.25, -0.2) is 9.78 Å². The molecule has 2 aromatic heterocycles. The Hall–Kier alpha value is -3.20. The second-order valence-electron chi connectivity index (χ2n) is 6.65. The number of carbonyl (C=O) groups excluding carboxylic acids is 2. The third-order valence-electron chi connectivity index (χ3n) is 4.77. The average Bonchev–Trinajstić information content (AvgIpc) is 3.22. The van der Waals surface area contributed by atoms with Crippen molar-refractivity contribution in [1.82, 2.24) is 14.9 Å². The van der Waals surface area contributed by atoms with Gasteiger partial charge >= 0.3 is 6.03 Å². The highest BCUT2D eigenvalue weighted by Crippen LogP contribution is 2.21. The maximum Gasteiger partial charge on any atom is 0.321 e. The quantitative estimate of drug-likeness (QED) is 0.632. The van der Waals surface area contributed by atoms with E-state index in [-0.39, 0.29) is 23.4 Å². The summed E-state index contributed by atoms with van der Waals surface area (Å²) in [6.45, 7) is 0.929. The number of urea groups is 1. The monoisotopic (exact) mass is 397 g/mol. The van der Waals surface area contributed by atoms with Crippen LogP contribution in [0.1, 0.15) is 12.8 Å². The number of amides is 3. The number of hydrogen-bond acceptors (Lipinski definition) is 5. The van der Waals surface area contributed by atoms with E-state index in [2.05, 4.69) is 20.6 Å². The summed E-state index contributed by atoms with van der Waals surface area (Å²) in [6.07, 6.45) is 4.70. The van der Waals surface area contributed by atoms with Gasteiger partial charge in [0.2, 0.25) is 5.91 Å². The standard InChI is InChI=1S/C19H19N5O3S/c25-16(23-18-21-7-9-28-18)13-2-1-8-24(11-13)19(27)22-14-4-3-12-5-6-20-17(26)15(12)10-14/h3-7,9-10,13H,1-2,8,11H2,(H,20,26)(H,22,27)(H,21,23,25). The number of nitrogens with one attached hydrogen (secondary N) is 3. The molecule has 1 aromatic carbocycles. The maximum absolute atomic E-state index is 12.7. The van der Waals surface area contributed by atoms with Crippen LogP contribution in [0.15, 0.2) is 46.8 Å². The molecule has 0 spiro atoms. The largest absolute Gasteiger partial charge is 0.329 e. The molecule has 1 atom stereocenters. The van der Waals surface area contributed by atoms with E-state index in [0.29, 0.717) is 29.3 Å². The van der Waals surface area contributed by atoms with E-state index in [1.807, 2.05) is 0 Å². The Bertz CT molecular complexity index is 1060. The van der Waals surface area contributed by atoms with Crippen molar-refractivity contribution in [1.29, 1.82) is 0 Å². The molecule has 4 rings (SSSR count). The van der Waals surface area contributed by atoms with E-state index in [4.69, 9.17) is 0 Å². The number of hydrogen-bond donors (Lipinski definition) is 3. The summed E-state index contributed by atoms with van der Waals surface area (Å²) in [7, 11) is 0. The molecule has 0 radical (unpaired) electrons. The maximum atomic E-state index is 12.7. The minimum Gasteiger partial charge on any atom is -0.329 e. The van der Waals surface area contributed by atoms with Crippen LogP contribution in [-0.2, 0) is 4.79 Å². The van der Waals surface area contributed by atoms with Crippen molar-refractivity contribution in [3.63, 3.8) is 0 Å². The Morgan fingerprint density at radius 1 is 1.25 bits per heavy atom. The third kappa shape index (κ3) is 3.89. The van der Waals surface area contributed by atoms with E-state index < -0.39 is 0 Å². The first-order valence-corrected chi connectivity index (χ1v) is 9.86. The van der Waals surface area contributed by atoms with Crippen molar-refractivity contribution in [3.05, 3.63) is 52.4 Å². The van der Waals surface area contributed by atoms with Gasteiger partial charge in [-0.05, 0) is 36.4 Å². The van der Waals surface area contributed by atoms with Crippen molar-refractivity contribution in [2.45, 2.75) is 12.8 Å². The molecular formula is C19H19N5O3S. The number of nitrogens with zero attached hydrogens (tertiary/aromatic N) is 2. The molecule has 3 amide bonds. The van der Waals surface area contributed by atoms with E-state index >= 15 is 0 Å². The van der Waals surface area contributed by atoms with Gasteiger partial charge in [0.05, 0.1) is 5.92 Å². The number of anilines is 2. The molecule has 0 saturated carbocycles. The van der Waals surface area contributed by atoms with Gasteiger partial charge in [0, 0.05) is 41.9 Å². The van der Waals surface area contributed by atoms with Crippen LogP contribution in [0.3, 0.4) is 0 Å². The van der Waals surface area contributed by atoms with Crippen LogP contribution in [0.4, 0.5) is 15.6 Å². The number of thiazole rings is 1. The van der Waals surface area contributed by atoms with E-state index in [1.54, 1.807) is 46.9 Å². The Kier molecular flexibility index (Phi) is 5.07. The molecule has 1 saturated heterocycles. The molecule has 3 N–H and O–H groups in total. The topological polar surface area (TPSA) is 107 Å². The van der Waals surface area contributed by atoms with Gasteiger partial charge in [-0.2, -0.15) is 0 Å². The van der Waals surface area contributed by atoms with Gasteiger partial charge in [-0.3, -0.25) is 9.59 Å². The van der Waals surface area contributed by atoms with Crippen LogP contribution in [0, 0.1) is 5.92 Å². The number of aromatic nitrogens is 2. The molecule has 28 heavy (non-hydrogen) atoms. The second kappa shape index (κ2) is 7.81. The van der Waals surface area contributed by atoms with E-state index in [1.165, 1.54) is 11.3 Å². The zero-order valence-electron chi connectivity index (χ0n) is 15.0. The predicted molar refractivity (Wildman–Crippen MR) is 109 cm³/mol. The van der Waals surface area contributed by atoms with Gasteiger partial charge in [-0.15, -0.1) is 11.3 Å². The smallest absolute Gasteiger partial charge is 0.321 e. The van der Waals surface area contributed by atoms with Gasteiger partial charge in [0.1, 0.15) is 0 Å². The van der Waals surface area contributed by atoms with Gasteiger partial charge in [0.25, 0.3) is 5.56 Å². The van der Waals surface area contributed by atoms with Crippen LogP contribution >= 0.6 is 11.3 Å². The Morgan fingerprint density at radius 3 is 2.96 bits per heavy atom. The fourth-order valence-corrected chi connectivity index (χ4v) is 3.86. The molecule has 9 heteroatoms. The molecule has 1 aliphatic heterocycles. The number of rotatable bonds is 3. The van der Waals surface area contributed by atoms with Crippen molar-refractivity contribution in [3.8, 4) is 0 Å². The lowest BCUT2D eigenvalue weighted by atomic mass is 9.97. The normalized spacial score (nSPS) is 16.7. The fraction of sp³-hybridized carbons (Fsp3) is 0.263. The molecular weight excluding hydrogens is 378 g/mol. The Balaban J connectivity index is 1.42. The highest BCUT2D eigenvalue weighted by molar-refractivity contribution is 7.13. The minimum absolute atomic E-state index is 0.121. The van der Waals surface area contributed by atoms with Crippen LogP contribution in [-0.4, -0.2) is 39.9 Å². The van der Waals surface area contributed by atoms with Crippen molar-refractivity contribution >= 4 is 44.9 Å². The summed E-state index contributed by atoms with van der Waals surface area (Å²) in [5.74, 6) is -0.396. The summed E-state index contributed by atoms with van der Waals surface area (Å²) >= 11 is 1.36. The molecule has 3 heterocycles. The SMILES string of the molecule is O=C(Nc1nccs1)C1CCCN(C(=O)Nc2ccc3cc[nH]c(=O)c3c2)C1. The number of piperidine rings is 1. The molecule has 0 aliphatic carbocycles. The summed E-state index contributed by atoms with van der Waals surface area (Å²) in [6, 6.07) is 6.73. The molecule has 1 aliphatic rings. The van der Waals surface area contributed by atoms with Gasteiger partial charge in [0.15, 0.2) is 5.13 Å². The molecule has 1 fully saturated rings. The molecule has 8 nitrogen and oxygen atoms in total. The van der Waals surface area contributed by atoms with Crippen LogP contribution in [0.5, 0.6) is 0 Å². The Morgan fingerprint density at radius 2 is 2.14 bits per heavy atom. The first-order chi connectivity index (χ1) is 13.6. The minimum atomic E-state index is -0.279. The summed E-state index contributed by atoms with van der Waals surface area (Å²) in [4.78, 5) is 45.4. The third-order valence-corrected chi connectivity index (χ3v) is 5.46. The number of H-pyrrole nitrogens is 1. The Labute approximate surface area is 164 Å². The lowest BCUT2D eigenvalue weighted by Gasteiger charge is -2.31. The number of carbonyl (C=O) groups is 2. The van der Waals surface area contributed by atoms with Gasteiger partial charge < -0.3 is 20.5 Å². The fourth-order valence-electron chi connectivity index (χ4n) is 3.33. The number of pyridine rings is 1.